The van der Waals surface area contributed by atoms with Crippen molar-refractivity contribution < 1.29 is 23.5 Å². The SMILES string of the molecule is COc1cc(C(=O)NCc2cc(C)on2)cc(OC)c1OC. The Balaban J connectivity index is 2.18. The van der Waals surface area contributed by atoms with Crippen molar-refractivity contribution in [1.29, 1.82) is 0 Å². The monoisotopic (exact) mass is 306 g/mol. The summed E-state index contributed by atoms with van der Waals surface area (Å²) in [6.07, 6.45) is 0. The Bertz CT molecular complexity index is 641. The molecule has 1 N–H and O–H groups in total. The van der Waals surface area contributed by atoms with Crippen LogP contribution in [0.2, 0.25) is 0 Å². The molecule has 0 saturated carbocycles. The lowest BCUT2D eigenvalue weighted by atomic mass is 10.1. The highest BCUT2D eigenvalue weighted by atomic mass is 16.5. The lowest BCUT2D eigenvalue weighted by Gasteiger charge is -2.13. The van der Waals surface area contributed by atoms with Crippen LogP contribution in [-0.2, 0) is 6.54 Å². The summed E-state index contributed by atoms with van der Waals surface area (Å²) in [5.41, 5.74) is 1.05. The van der Waals surface area contributed by atoms with E-state index < -0.39 is 0 Å². The Morgan fingerprint density at radius 1 is 1.14 bits per heavy atom. The molecule has 2 rings (SSSR count). The summed E-state index contributed by atoms with van der Waals surface area (Å²) in [4.78, 5) is 12.2. The van der Waals surface area contributed by atoms with Crippen molar-refractivity contribution in [2.45, 2.75) is 13.5 Å². The van der Waals surface area contributed by atoms with E-state index in [0.717, 1.165) is 0 Å². The molecule has 7 heteroatoms. The van der Waals surface area contributed by atoms with Crippen molar-refractivity contribution in [3.63, 3.8) is 0 Å². The first-order chi connectivity index (χ1) is 10.6. The molecule has 22 heavy (non-hydrogen) atoms. The molecule has 0 spiro atoms. The van der Waals surface area contributed by atoms with E-state index in [1.54, 1.807) is 25.1 Å². The predicted molar refractivity (Wildman–Crippen MR) is 78.5 cm³/mol. The third-order valence-electron chi connectivity index (χ3n) is 3.03. The number of aryl methyl sites for hydroxylation is 1. The van der Waals surface area contributed by atoms with E-state index in [9.17, 15) is 4.79 Å². The second-order valence-electron chi connectivity index (χ2n) is 4.53. The third-order valence-corrected chi connectivity index (χ3v) is 3.03. The Kier molecular flexibility index (Phi) is 4.88. The normalized spacial score (nSPS) is 10.2. The number of methoxy groups -OCH3 is 3. The number of ether oxygens (including phenoxy) is 3. The standard InChI is InChI=1S/C15H18N2O5/c1-9-5-11(17-22-9)8-16-15(18)10-6-12(19-2)14(21-4)13(7-10)20-3/h5-7H,8H2,1-4H3,(H,16,18). The summed E-state index contributed by atoms with van der Waals surface area (Å²) < 4.78 is 20.6. The van der Waals surface area contributed by atoms with Gasteiger partial charge in [0.05, 0.1) is 27.9 Å². The zero-order valence-corrected chi connectivity index (χ0v) is 12.9. The molecule has 1 amide bonds. The minimum Gasteiger partial charge on any atom is -0.493 e. The van der Waals surface area contributed by atoms with Gasteiger partial charge in [-0.1, -0.05) is 5.16 Å². The average molecular weight is 306 g/mol. The minimum atomic E-state index is -0.278. The van der Waals surface area contributed by atoms with Gasteiger partial charge in [0.1, 0.15) is 11.5 Å². The first-order valence-corrected chi connectivity index (χ1v) is 6.59. The maximum absolute atomic E-state index is 12.2. The quantitative estimate of drug-likeness (QED) is 0.878. The van der Waals surface area contributed by atoms with Gasteiger partial charge in [-0.15, -0.1) is 0 Å². The van der Waals surface area contributed by atoms with E-state index in [2.05, 4.69) is 10.5 Å². The van der Waals surface area contributed by atoms with Gasteiger partial charge in [-0.3, -0.25) is 4.79 Å². The number of aromatic nitrogens is 1. The second kappa shape index (κ2) is 6.84. The van der Waals surface area contributed by atoms with Gasteiger partial charge in [-0.25, -0.2) is 0 Å². The van der Waals surface area contributed by atoms with Gasteiger partial charge in [0.15, 0.2) is 11.5 Å². The fraction of sp³-hybridized carbons (Fsp3) is 0.333. The average Bonchev–Trinajstić information content (AvgIpc) is 2.96. The van der Waals surface area contributed by atoms with Crippen molar-refractivity contribution in [2.24, 2.45) is 0 Å². The van der Waals surface area contributed by atoms with E-state index in [1.165, 1.54) is 21.3 Å². The topological polar surface area (TPSA) is 82.8 Å². The summed E-state index contributed by atoms with van der Waals surface area (Å²) in [5.74, 6) is 1.69. The summed E-state index contributed by atoms with van der Waals surface area (Å²) in [6, 6.07) is 4.94. The molecule has 2 aromatic rings. The molecule has 0 saturated heterocycles. The molecule has 0 radical (unpaired) electrons. The molecule has 0 bridgehead atoms. The number of nitrogens with one attached hydrogen (secondary N) is 1. The molecular formula is C15H18N2O5. The maximum Gasteiger partial charge on any atom is 0.251 e. The number of hydrogen-bond donors (Lipinski definition) is 1. The zero-order chi connectivity index (χ0) is 16.1. The van der Waals surface area contributed by atoms with Crippen molar-refractivity contribution in [2.75, 3.05) is 21.3 Å². The Hall–Kier alpha value is -2.70. The molecule has 0 aliphatic heterocycles. The predicted octanol–water partition coefficient (Wildman–Crippen LogP) is 1.94. The second-order valence-corrected chi connectivity index (χ2v) is 4.53. The third kappa shape index (κ3) is 3.30. The largest absolute Gasteiger partial charge is 0.493 e. The summed E-state index contributed by atoms with van der Waals surface area (Å²) in [5, 5.41) is 6.57. The van der Waals surface area contributed by atoms with Crippen LogP contribution >= 0.6 is 0 Å². The van der Waals surface area contributed by atoms with E-state index in [-0.39, 0.29) is 12.5 Å². The smallest absolute Gasteiger partial charge is 0.251 e. The molecular weight excluding hydrogens is 288 g/mol. The van der Waals surface area contributed by atoms with Crippen molar-refractivity contribution in [3.8, 4) is 17.2 Å². The Morgan fingerprint density at radius 2 is 1.77 bits per heavy atom. The molecule has 1 heterocycles. The first-order valence-electron chi connectivity index (χ1n) is 6.59. The van der Waals surface area contributed by atoms with Crippen LogP contribution in [-0.4, -0.2) is 32.4 Å². The lowest BCUT2D eigenvalue weighted by Crippen LogP contribution is -2.23. The van der Waals surface area contributed by atoms with Gasteiger partial charge in [0.25, 0.3) is 5.91 Å². The van der Waals surface area contributed by atoms with E-state index in [1.807, 2.05) is 0 Å². The van der Waals surface area contributed by atoms with Gasteiger partial charge in [-0.05, 0) is 19.1 Å². The van der Waals surface area contributed by atoms with Gasteiger partial charge < -0.3 is 24.1 Å². The van der Waals surface area contributed by atoms with Crippen molar-refractivity contribution in [3.05, 3.63) is 35.2 Å². The summed E-state index contributed by atoms with van der Waals surface area (Å²) in [7, 11) is 4.50. The number of benzene rings is 1. The highest BCUT2D eigenvalue weighted by molar-refractivity contribution is 5.95. The van der Waals surface area contributed by atoms with Crippen LogP contribution in [0.5, 0.6) is 17.2 Å². The summed E-state index contributed by atoms with van der Waals surface area (Å²) >= 11 is 0. The van der Waals surface area contributed by atoms with Crippen LogP contribution in [0.4, 0.5) is 0 Å². The zero-order valence-electron chi connectivity index (χ0n) is 12.9. The molecule has 118 valence electrons. The van der Waals surface area contributed by atoms with Crippen LogP contribution < -0.4 is 19.5 Å². The number of carbonyl (C=O) groups excluding carboxylic acids is 1. The minimum absolute atomic E-state index is 0.271. The van der Waals surface area contributed by atoms with Crippen LogP contribution in [0.25, 0.3) is 0 Å². The van der Waals surface area contributed by atoms with Gasteiger partial charge in [0, 0.05) is 11.6 Å². The molecule has 1 aromatic heterocycles. The van der Waals surface area contributed by atoms with Crippen LogP contribution in [0.15, 0.2) is 22.7 Å². The van der Waals surface area contributed by atoms with E-state index in [0.29, 0.717) is 34.3 Å². The van der Waals surface area contributed by atoms with Gasteiger partial charge in [0.2, 0.25) is 5.75 Å². The van der Waals surface area contributed by atoms with Crippen LogP contribution in [0, 0.1) is 6.92 Å². The van der Waals surface area contributed by atoms with Crippen molar-refractivity contribution in [1.82, 2.24) is 10.5 Å². The number of amides is 1. The number of nitrogens with zero attached hydrogens (tertiary/aromatic N) is 1. The van der Waals surface area contributed by atoms with Gasteiger partial charge in [-0.2, -0.15) is 0 Å². The highest BCUT2D eigenvalue weighted by Gasteiger charge is 2.17. The summed E-state index contributed by atoms with van der Waals surface area (Å²) in [6.45, 7) is 2.06. The molecule has 0 unspecified atom stereocenters. The van der Waals surface area contributed by atoms with E-state index in [4.69, 9.17) is 18.7 Å². The highest BCUT2D eigenvalue weighted by Crippen LogP contribution is 2.38. The molecule has 1 aromatic carbocycles. The fourth-order valence-electron chi connectivity index (χ4n) is 1.99. The van der Waals surface area contributed by atoms with Crippen LogP contribution in [0.1, 0.15) is 21.8 Å². The fourth-order valence-corrected chi connectivity index (χ4v) is 1.99. The Labute approximate surface area is 128 Å². The number of carbonyl (C=O) groups is 1. The number of hydrogen-bond acceptors (Lipinski definition) is 6. The van der Waals surface area contributed by atoms with E-state index >= 15 is 0 Å². The lowest BCUT2D eigenvalue weighted by molar-refractivity contribution is 0.0949. The molecule has 7 nitrogen and oxygen atoms in total. The van der Waals surface area contributed by atoms with Crippen molar-refractivity contribution >= 4 is 5.91 Å². The molecule has 0 atom stereocenters. The molecule has 0 aliphatic carbocycles. The van der Waals surface area contributed by atoms with Gasteiger partial charge >= 0.3 is 0 Å². The van der Waals surface area contributed by atoms with Crippen LogP contribution in [0.3, 0.4) is 0 Å². The Morgan fingerprint density at radius 3 is 2.23 bits per heavy atom. The molecule has 0 fully saturated rings. The molecule has 0 aliphatic rings. The first kappa shape index (κ1) is 15.7. The number of rotatable bonds is 6. The maximum atomic E-state index is 12.2.